The van der Waals surface area contributed by atoms with Gasteiger partial charge in [-0.05, 0) is 11.6 Å². The molecule has 0 spiro atoms. The lowest BCUT2D eigenvalue weighted by atomic mass is 10.3. The van der Waals surface area contributed by atoms with Gasteiger partial charge in [-0.2, -0.15) is 0 Å². The summed E-state index contributed by atoms with van der Waals surface area (Å²) in [5.74, 6) is 0. The SMILES string of the molecule is C=C/C(=C/COC(=O)NC)CO. The van der Waals surface area contributed by atoms with E-state index in [1.165, 1.54) is 13.1 Å². The highest BCUT2D eigenvalue weighted by Crippen LogP contribution is 1.93. The van der Waals surface area contributed by atoms with Gasteiger partial charge in [0.15, 0.2) is 0 Å². The Hall–Kier alpha value is -1.29. The molecule has 0 aliphatic heterocycles. The van der Waals surface area contributed by atoms with Crippen molar-refractivity contribution in [3.63, 3.8) is 0 Å². The number of hydrogen-bond donors (Lipinski definition) is 2. The molecule has 0 fully saturated rings. The van der Waals surface area contributed by atoms with Gasteiger partial charge in [-0.15, -0.1) is 0 Å². The molecule has 0 saturated heterocycles. The van der Waals surface area contributed by atoms with Gasteiger partial charge in [-0.1, -0.05) is 12.7 Å². The first-order chi connectivity index (χ1) is 5.74. The van der Waals surface area contributed by atoms with E-state index < -0.39 is 6.09 Å². The number of aliphatic hydroxyl groups excluding tert-OH is 1. The molecule has 0 unspecified atom stereocenters. The maximum Gasteiger partial charge on any atom is 0.407 e. The first-order valence-corrected chi connectivity index (χ1v) is 3.51. The van der Waals surface area contributed by atoms with Crippen LogP contribution in [0.3, 0.4) is 0 Å². The van der Waals surface area contributed by atoms with Crippen LogP contribution in [-0.4, -0.2) is 31.5 Å². The Balaban J connectivity index is 3.71. The van der Waals surface area contributed by atoms with E-state index >= 15 is 0 Å². The summed E-state index contributed by atoms with van der Waals surface area (Å²) in [6.45, 7) is 3.51. The first kappa shape index (κ1) is 10.7. The van der Waals surface area contributed by atoms with Gasteiger partial charge in [0.05, 0.1) is 6.61 Å². The third kappa shape index (κ3) is 4.51. The van der Waals surface area contributed by atoms with Crippen molar-refractivity contribution in [2.24, 2.45) is 0 Å². The molecule has 0 aromatic heterocycles. The quantitative estimate of drug-likeness (QED) is 0.604. The number of nitrogens with one attached hydrogen (secondary N) is 1. The average molecular weight is 171 g/mol. The molecule has 0 aliphatic carbocycles. The van der Waals surface area contributed by atoms with Crippen molar-refractivity contribution in [1.29, 1.82) is 0 Å². The van der Waals surface area contributed by atoms with Crippen LogP contribution < -0.4 is 5.32 Å². The zero-order chi connectivity index (χ0) is 9.40. The largest absolute Gasteiger partial charge is 0.445 e. The molecular formula is C8H13NO3. The monoisotopic (exact) mass is 171 g/mol. The topological polar surface area (TPSA) is 58.6 Å². The van der Waals surface area contributed by atoms with Gasteiger partial charge in [0.1, 0.15) is 6.61 Å². The van der Waals surface area contributed by atoms with Crippen molar-refractivity contribution in [2.45, 2.75) is 0 Å². The first-order valence-electron chi connectivity index (χ1n) is 3.51. The zero-order valence-corrected chi connectivity index (χ0v) is 7.04. The number of ether oxygens (including phenoxy) is 1. The predicted octanol–water partition coefficient (Wildman–Crippen LogP) is 0.447. The van der Waals surface area contributed by atoms with Gasteiger partial charge in [0, 0.05) is 7.05 Å². The highest BCUT2D eigenvalue weighted by Gasteiger charge is 1.94. The minimum absolute atomic E-state index is 0.0966. The Morgan fingerprint density at radius 3 is 2.83 bits per heavy atom. The van der Waals surface area contributed by atoms with Gasteiger partial charge in [-0.25, -0.2) is 4.79 Å². The Morgan fingerprint density at radius 1 is 1.75 bits per heavy atom. The van der Waals surface area contributed by atoms with E-state index in [2.05, 4.69) is 16.6 Å². The molecule has 0 radical (unpaired) electrons. The van der Waals surface area contributed by atoms with Crippen molar-refractivity contribution in [1.82, 2.24) is 5.32 Å². The van der Waals surface area contributed by atoms with Gasteiger partial charge in [-0.3, -0.25) is 0 Å². The van der Waals surface area contributed by atoms with E-state index in [1.54, 1.807) is 6.08 Å². The second kappa shape index (κ2) is 6.42. The Kier molecular flexibility index (Phi) is 5.73. The zero-order valence-electron chi connectivity index (χ0n) is 7.04. The molecule has 0 aliphatic rings. The highest BCUT2D eigenvalue weighted by atomic mass is 16.5. The molecule has 0 bridgehead atoms. The highest BCUT2D eigenvalue weighted by molar-refractivity contribution is 5.66. The van der Waals surface area contributed by atoms with Crippen LogP contribution in [0.15, 0.2) is 24.3 Å². The van der Waals surface area contributed by atoms with Crippen LogP contribution in [0, 0.1) is 0 Å². The molecule has 0 rings (SSSR count). The summed E-state index contributed by atoms with van der Waals surface area (Å²) in [5, 5.41) is 10.9. The van der Waals surface area contributed by atoms with Gasteiger partial charge in [0.2, 0.25) is 0 Å². The smallest absolute Gasteiger partial charge is 0.407 e. The molecule has 0 aromatic rings. The maximum atomic E-state index is 10.5. The lowest BCUT2D eigenvalue weighted by Gasteiger charge is -2.00. The van der Waals surface area contributed by atoms with Gasteiger partial charge >= 0.3 is 6.09 Å². The van der Waals surface area contributed by atoms with Crippen LogP contribution in [-0.2, 0) is 4.74 Å². The molecule has 4 heteroatoms. The number of amides is 1. The van der Waals surface area contributed by atoms with Gasteiger partial charge in [0.25, 0.3) is 0 Å². The average Bonchev–Trinajstić information content (AvgIpc) is 2.12. The summed E-state index contributed by atoms with van der Waals surface area (Å²) in [5.41, 5.74) is 0.638. The molecule has 68 valence electrons. The Bertz CT molecular complexity index is 187. The van der Waals surface area contributed by atoms with Crippen molar-refractivity contribution in [3.05, 3.63) is 24.3 Å². The van der Waals surface area contributed by atoms with Crippen molar-refractivity contribution < 1.29 is 14.6 Å². The van der Waals surface area contributed by atoms with Crippen LogP contribution in [0.5, 0.6) is 0 Å². The number of carbonyl (C=O) groups excluding carboxylic acids is 1. The molecular weight excluding hydrogens is 158 g/mol. The van der Waals surface area contributed by atoms with Crippen LogP contribution >= 0.6 is 0 Å². The summed E-state index contributed by atoms with van der Waals surface area (Å²) in [6, 6.07) is 0. The Labute approximate surface area is 71.5 Å². The second-order valence-corrected chi connectivity index (χ2v) is 1.99. The molecule has 0 atom stereocenters. The van der Waals surface area contributed by atoms with E-state index in [0.29, 0.717) is 5.57 Å². The maximum absolute atomic E-state index is 10.5. The lowest BCUT2D eigenvalue weighted by molar-refractivity contribution is 0.160. The predicted molar refractivity (Wildman–Crippen MR) is 45.8 cm³/mol. The number of hydrogen-bond acceptors (Lipinski definition) is 3. The molecule has 1 amide bonds. The third-order valence-electron chi connectivity index (χ3n) is 1.21. The number of aliphatic hydroxyl groups is 1. The molecule has 12 heavy (non-hydrogen) atoms. The third-order valence-corrected chi connectivity index (χ3v) is 1.21. The van der Waals surface area contributed by atoms with E-state index in [4.69, 9.17) is 5.11 Å². The van der Waals surface area contributed by atoms with E-state index in [-0.39, 0.29) is 13.2 Å². The van der Waals surface area contributed by atoms with E-state index in [0.717, 1.165) is 0 Å². The summed E-state index contributed by atoms with van der Waals surface area (Å²) < 4.78 is 4.64. The fourth-order valence-electron chi connectivity index (χ4n) is 0.509. The Morgan fingerprint density at radius 2 is 2.42 bits per heavy atom. The molecule has 0 aromatic carbocycles. The fourth-order valence-corrected chi connectivity index (χ4v) is 0.509. The summed E-state index contributed by atoms with van der Waals surface area (Å²) in [6.07, 6.45) is 2.60. The number of rotatable bonds is 4. The molecule has 2 N–H and O–H groups in total. The second-order valence-electron chi connectivity index (χ2n) is 1.99. The number of carbonyl (C=O) groups is 1. The molecule has 4 nitrogen and oxygen atoms in total. The van der Waals surface area contributed by atoms with Gasteiger partial charge < -0.3 is 15.2 Å². The van der Waals surface area contributed by atoms with E-state index in [1.807, 2.05) is 0 Å². The summed E-state index contributed by atoms with van der Waals surface area (Å²) >= 11 is 0. The van der Waals surface area contributed by atoms with Crippen molar-refractivity contribution in [3.8, 4) is 0 Å². The minimum atomic E-state index is -0.493. The van der Waals surface area contributed by atoms with Crippen molar-refractivity contribution >= 4 is 6.09 Å². The van der Waals surface area contributed by atoms with Crippen LogP contribution in [0.2, 0.25) is 0 Å². The summed E-state index contributed by atoms with van der Waals surface area (Å²) in [7, 11) is 1.48. The minimum Gasteiger partial charge on any atom is -0.445 e. The van der Waals surface area contributed by atoms with Crippen LogP contribution in [0.25, 0.3) is 0 Å². The standard InChI is InChI=1S/C8H13NO3/c1-3-7(6-10)4-5-12-8(11)9-2/h3-4,10H,1,5-6H2,2H3,(H,9,11)/b7-4-. The molecule has 0 saturated carbocycles. The summed E-state index contributed by atoms with van der Waals surface area (Å²) in [4.78, 5) is 10.5. The fraction of sp³-hybridized carbons (Fsp3) is 0.375. The number of alkyl carbamates (subject to hydrolysis) is 1. The molecule has 0 heterocycles. The van der Waals surface area contributed by atoms with Crippen molar-refractivity contribution in [2.75, 3.05) is 20.3 Å². The van der Waals surface area contributed by atoms with Crippen LogP contribution in [0.4, 0.5) is 4.79 Å². The van der Waals surface area contributed by atoms with Crippen LogP contribution in [0.1, 0.15) is 0 Å². The normalized spacial score (nSPS) is 10.7. The lowest BCUT2D eigenvalue weighted by Crippen LogP contribution is -2.19. The van der Waals surface area contributed by atoms with E-state index in [9.17, 15) is 4.79 Å².